The van der Waals surface area contributed by atoms with Gasteiger partial charge < -0.3 is 10.5 Å². The van der Waals surface area contributed by atoms with Gasteiger partial charge in [0.1, 0.15) is 5.75 Å². The molecule has 1 aromatic rings. The van der Waals surface area contributed by atoms with Crippen LogP contribution in [0, 0.1) is 0 Å². The van der Waals surface area contributed by atoms with E-state index in [1.54, 1.807) is 7.11 Å². The second-order valence-corrected chi connectivity index (χ2v) is 5.32. The van der Waals surface area contributed by atoms with E-state index in [0.717, 1.165) is 17.3 Å². The molecule has 0 heterocycles. The van der Waals surface area contributed by atoms with Crippen molar-refractivity contribution in [2.45, 2.75) is 25.1 Å². The van der Waals surface area contributed by atoms with Crippen LogP contribution in [0.4, 0.5) is 0 Å². The molecule has 0 fully saturated rings. The Kier molecular flexibility index (Phi) is 4.48. The number of ether oxygens (including phenoxy) is 1. The van der Waals surface area contributed by atoms with Crippen molar-refractivity contribution in [3.8, 4) is 5.75 Å². The summed E-state index contributed by atoms with van der Waals surface area (Å²) in [7, 11) is 1.68. The molecule has 2 nitrogen and oxygen atoms in total. The fraction of sp³-hybridized carbons (Fsp3) is 0.500. The molecular formula is C12H19NOS. The minimum absolute atomic E-state index is 0.0862. The molecule has 0 amide bonds. The van der Waals surface area contributed by atoms with Crippen LogP contribution in [0.25, 0.3) is 0 Å². The standard InChI is InChI=1S/C12H19NOS/c1-12(2,13)9-15-8-10-4-6-11(14-3)7-5-10/h4-7H,8-9,13H2,1-3H3. The van der Waals surface area contributed by atoms with E-state index in [1.165, 1.54) is 5.56 Å². The van der Waals surface area contributed by atoms with Crippen LogP contribution in [-0.2, 0) is 5.75 Å². The van der Waals surface area contributed by atoms with Crippen LogP contribution in [0.1, 0.15) is 19.4 Å². The van der Waals surface area contributed by atoms with Crippen molar-refractivity contribution in [2.24, 2.45) is 5.73 Å². The largest absolute Gasteiger partial charge is 0.497 e. The number of rotatable bonds is 5. The van der Waals surface area contributed by atoms with Crippen molar-refractivity contribution in [1.82, 2.24) is 0 Å². The molecule has 0 saturated heterocycles. The van der Waals surface area contributed by atoms with E-state index in [-0.39, 0.29) is 5.54 Å². The normalized spacial score (nSPS) is 11.5. The van der Waals surface area contributed by atoms with Gasteiger partial charge in [0, 0.05) is 17.0 Å². The van der Waals surface area contributed by atoms with Gasteiger partial charge in [0.2, 0.25) is 0 Å². The minimum Gasteiger partial charge on any atom is -0.497 e. The third-order valence-corrected chi connectivity index (χ3v) is 3.39. The highest BCUT2D eigenvalue weighted by molar-refractivity contribution is 7.98. The number of hydrogen-bond donors (Lipinski definition) is 1. The van der Waals surface area contributed by atoms with Crippen molar-refractivity contribution in [3.63, 3.8) is 0 Å². The summed E-state index contributed by atoms with van der Waals surface area (Å²) in [5, 5.41) is 0. The molecule has 0 spiro atoms. The summed E-state index contributed by atoms with van der Waals surface area (Å²) in [5.41, 5.74) is 7.13. The number of methoxy groups -OCH3 is 1. The second kappa shape index (κ2) is 5.42. The lowest BCUT2D eigenvalue weighted by Crippen LogP contribution is -2.34. The summed E-state index contributed by atoms with van der Waals surface area (Å²) in [5.74, 6) is 2.88. The first-order valence-electron chi connectivity index (χ1n) is 5.01. The molecule has 15 heavy (non-hydrogen) atoms. The van der Waals surface area contributed by atoms with Gasteiger partial charge in [-0.2, -0.15) is 11.8 Å². The monoisotopic (exact) mass is 225 g/mol. The average Bonchev–Trinajstić information content (AvgIpc) is 2.17. The number of thioether (sulfide) groups is 1. The SMILES string of the molecule is COc1ccc(CSCC(C)(C)N)cc1. The maximum atomic E-state index is 5.90. The maximum absolute atomic E-state index is 5.90. The number of hydrogen-bond acceptors (Lipinski definition) is 3. The smallest absolute Gasteiger partial charge is 0.118 e. The van der Waals surface area contributed by atoms with Crippen molar-refractivity contribution < 1.29 is 4.74 Å². The lowest BCUT2D eigenvalue weighted by Gasteiger charge is -2.17. The van der Waals surface area contributed by atoms with Crippen LogP contribution >= 0.6 is 11.8 Å². The van der Waals surface area contributed by atoms with Gasteiger partial charge >= 0.3 is 0 Å². The maximum Gasteiger partial charge on any atom is 0.118 e. The van der Waals surface area contributed by atoms with E-state index >= 15 is 0 Å². The lowest BCUT2D eigenvalue weighted by molar-refractivity contribution is 0.414. The van der Waals surface area contributed by atoms with Gasteiger partial charge in [0.15, 0.2) is 0 Å². The minimum atomic E-state index is -0.0862. The van der Waals surface area contributed by atoms with Gasteiger partial charge in [0.05, 0.1) is 7.11 Å². The Morgan fingerprint density at radius 3 is 2.33 bits per heavy atom. The zero-order valence-corrected chi connectivity index (χ0v) is 10.4. The summed E-state index contributed by atoms with van der Waals surface area (Å²) in [6.07, 6.45) is 0. The highest BCUT2D eigenvalue weighted by Gasteiger charge is 2.09. The molecule has 0 unspecified atom stereocenters. The molecular weight excluding hydrogens is 206 g/mol. The molecule has 0 aliphatic carbocycles. The molecule has 1 rings (SSSR count). The zero-order chi connectivity index (χ0) is 11.3. The topological polar surface area (TPSA) is 35.2 Å². The van der Waals surface area contributed by atoms with Crippen molar-refractivity contribution in [3.05, 3.63) is 29.8 Å². The quantitative estimate of drug-likeness (QED) is 0.836. The van der Waals surface area contributed by atoms with Gasteiger partial charge in [0.25, 0.3) is 0 Å². The summed E-state index contributed by atoms with van der Waals surface area (Å²) in [6.45, 7) is 4.10. The van der Waals surface area contributed by atoms with E-state index in [1.807, 2.05) is 37.7 Å². The van der Waals surface area contributed by atoms with Gasteiger partial charge in [-0.3, -0.25) is 0 Å². The Hall–Kier alpha value is -0.670. The number of nitrogens with two attached hydrogens (primary N) is 1. The summed E-state index contributed by atoms with van der Waals surface area (Å²) >= 11 is 1.86. The average molecular weight is 225 g/mol. The molecule has 1 aromatic carbocycles. The molecule has 0 aliphatic heterocycles. The van der Waals surface area contributed by atoms with Gasteiger partial charge in [-0.1, -0.05) is 12.1 Å². The third-order valence-electron chi connectivity index (χ3n) is 1.90. The van der Waals surface area contributed by atoms with Crippen LogP contribution in [-0.4, -0.2) is 18.4 Å². The van der Waals surface area contributed by atoms with E-state index < -0.39 is 0 Å². The molecule has 0 bridgehead atoms. The van der Waals surface area contributed by atoms with Crippen molar-refractivity contribution in [1.29, 1.82) is 0 Å². The first-order chi connectivity index (χ1) is 7.01. The van der Waals surface area contributed by atoms with E-state index in [4.69, 9.17) is 10.5 Å². The van der Waals surface area contributed by atoms with Gasteiger partial charge in [-0.15, -0.1) is 0 Å². The van der Waals surface area contributed by atoms with Crippen LogP contribution in [0.3, 0.4) is 0 Å². The lowest BCUT2D eigenvalue weighted by atomic mass is 10.1. The summed E-state index contributed by atoms with van der Waals surface area (Å²) < 4.78 is 5.10. The second-order valence-electron chi connectivity index (χ2n) is 4.33. The molecule has 0 aromatic heterocycles. The molecule has 84 valence electrons. The molecule has 0 saturated carbocycles. The Bertz CT molecular complexity index is 289. The molecule has 3 heteroatoms. The van der Waals surface area contributed by atoms with Crippen LogP contribution in [0.5, 0.6) is 5.75 Å². The molecule has 0 atom stereocenters. The highest BCUT2D eigenvalue weighted by atomic mass is 32.2. The predicted octanol–water partition coefficient (Wildman–Crippen LogP) is 2.67. The van der Waals surface area contributed by atoms with Crippen molar-refractivity contribution >= 4 is 11.8 Å². The van der Waals surface area contributed by atoms with Gasteiger partial charge in [-0.25, -0.2) is 0 Å². The highest BCUT2D eigenvalue weighted by Crippen LogP contribution is 2.18. The predicted molar refractivity (Wildman–Crippen MR) is 67.4 cm³/mol. The van der Waals surface area contributed by atoms with Gasteiger partial charge in [-0.05, 0) is 31.5 Å². The van der Waals surface area contributed by atoms with Crippen LogP contribution in [0.2, 0.25) is 0 Å². The fourth-order valence-electron chi connectivity index (χ4n) is 1.15. The Balaban J connectivity index is 2.38. The first kappa shape index (κ1) is 12.4. The first-order valence-corrected chi connectivity index (χ1v) is 6.16. The molecule has 2 N–H and O–H groups in total. The van der Waals surface area contributed by atoms with E-state index in [2.05, 4.69) is 12.1 Å². The fourth-order valence-corrected chi connectivity index (χ4v) is 2.21. The zero-order valence-electron chi connectivity index (χ0n) is 9.62. The van der Waals surface area contributed by atoms with Crippen molar-refractivity contribution in [2.75, 3.05) is 12.9 Å². The van der Waals surface area contributed by atoms with Crippen LogP contribution in [0.15, 0.2) is 24.3 Å². The Morgan fingerprint density at radius 2 is 1.87 bits per heavy atom. The molecule has 0 aliphatic rings. The Labute approximate surface area is 96.2 Å². The van der Waals surface area contributed by atoms with E-state index in [0.29, 0.717) is 0 Å². The van der Waals surface area contributed by atoms with Crippen LogP contribution < -0.4 is 10.5 Å². The summed E-state index contributed by atoms with van der Waals surface area (Å²) in [6, 6.07) is 8.16. The molecule has 0 radical (unpaired) electrons. The van der Waals surface area contributed by atoms with E-state index in [9.17, 15) is 0 Å². The summed E-state index contributed by atoms with van der Waals surface area (Å²) in [4.78, 5) is 0. The Morgan fingerprint density at radius 1 is 1.27 bits per heavy atom. The number of benzene rings is 1. The third kappa shape index (κ3) is 5.09.